The topological polar surface area (TPSA) is 96.0 Å². The van der Waals surface area contributed by atoms with Crippen molar-refractivity contribution in [3.63, 3.8) is 0 Å². The van der Waals surface area contributed by atoms with Crippen LogP contribution >= 0.6 is 23.2 Å². The van der Waals surface area contributed by atoms with Gasteiger partial charge in [-0.3, -0.25) is 19.3 Å². The monoisotopic (exact) mass is 387 g/mol. The molecule has 0 aromatic heterocycles. The maximum absolute atomic E-state index is 11.9. The number of hydrogen-bond acceptors (Lipinski definition) is 5. The van der Waals surface area contributed by atoms with E-state index in [-0.39, 0.29) is 22.3 Å². The minimum Gasteiger partial charge on any atom is -0.454 e. The summed E-state index contributed by atoms with van der Waals surface area (Å²) in [6.07, 6.45) is 0. The first-order valence-corrected chi connectivity index (χ1v) is 7.92. The van der Waals surface area contributed by atoms with Crippen molar-refractivity contribution in [1.82, 2.24) is 9.80 Å². The van der Waals surface area contributed by atoms with Crippen molar-refractivity contribution in [2.45, 2.75) is 6.92 Å². The highest BCUT2D eigenvalue weighted by atomic mass is 35.5. The van der Waals surface area contributed by atoms with E-state index >= 15 is 0 Å². The highest BCUT2D eigenvalue weighted by Gasteiger charge is 2.35. The molecule has 0 atom stereocenters. The number of nitrogens with one attached hydrogen (secondary N) is 1. The van der Waals surface area contributed by atoms with Crippen LogP contribution in [0.25, 0.3) is 0 Å². The lowest BCUT2D eigenvalue weighted by Crippen LogP contribution is -2.37. The number of carbonyl (C=O) groups is 4. The van der Waals surface area contributed by atoms with E-state index in [0.717, 1.165) is 4.90 Å². The van der Waals surface area contributed by atoms with Gasteiger partial charge in [-0.2, -0.15) is 0 Å². The molecule has 1 aromatic rings. The van der Waals surface area contributed by atoms with Gasteiger partial charge in [-0.15, -0.1) is 0 Å². The first-order valence-electron chi connectivity index (χ1n) is 7.16. The standard InChI is InChI=1S/C15H15Cl2N3O5/c1-8-3-4-9(16)14(13(8)17)18-10(21)7-25-12(23)6-20-11(22)5-19(2)15(20)24/h3-4H,5-7H2,1-2H3,(H,18,21). The second kappa shape index (κ2) is 7.71. The highest BCUT2D eigenvalue weighted by Crippen LogP contribution is 2.32. The highest BCUT2D eigenvalue weighted by molar-refractivity contribution is 6.40. The number of amides is 4. The Hall–Kier alpha value is -2.32. The molecule has 10 heteroatoms. The smallest absolute Gasteiger partial charge is 0.327 e. The van der Waals surface area contributed by atoms with Crippen LogP contribution in [0.4, 0.5) is 10.5 Å². The molecule has 2 rings (SSSR count). The van der Waals surface area contributed by atoms with Gasteiger partial charge in [0, 0.05) is 7.05 Å². The van der Waals surface area contributed by atoms with Gasteiger partial charge in [0.15, 0.2) is 6.61 Å². The lowest BCUT2D eigenvalue weighted by molar-refractivity contribution is -0.149. The van der Waals surface area contributed by atoms with Crippen molar-refractivity contribution in [2.24, 2.45) is 0 Å². The summed E-state index contributed by atoms with van der Waals surface area (Å²) in [5.41, 5.74) is 0.935. The van der Waals surface area contributed by atoms with Gasteiger partial charge >= 0.3 is 12.0 Å². The zero-order chi connectivity index (χ0) is 18.7. The number of carbonyl (C=O) groups excluding carboxylic acids is 4. The normalized spacial score (nSPS) is 14.1. The van der Waals surface area contributed by atoms with Gasteiger partial charge in [-0.1, -0.05) is 29.3 Å². The third-order valence-corrected chi connectivity index (χ3v) is 4.23. The van der Waals surface area contributed by atoms with Crippen molar-refractivity contribution >= 4 is 52.7 Å². The maximum atomic E-state index is 11.9. The third-order valence-electron chi connectivity index (χ3n) is 3.43. The number of hydrogen-bond donors (Lipinski definition) is 1. The van der Waals surface area contributed by atoms with Gasteiger partial charge < -0.3 is 15.0 Å². The van der Waals surface area contributed by atoms with Crippen LogP contribution in [0, 0.1) is 6.92 Å². The fraction of sp³-hybridized carbons (Fsp3) is 0.333. The number of anilines is 1. The number of benzene rings is 1. The van der Waals surface area contributed by atoms with Gasteiger partial charge in [0.1, 0.15) is 13.1 Å². The molecule has 0 aliphatic carbocycles. The molecule has 0 spiro atoms. The van der Waals surface area contributed by atoms with Crippen molar-refractivity contribution in [3.05, 3.63) is 27.7 Å². The van der Waals surface area contributed by atoms with Crippen LogP contribution in [0.1, 0.15) is 5.56 Å². The van der Waals surface area contributed by atoms with Crippen LogP contribution in [-0.4, -0.2) is 60.4 Å². The molecule has 0 saturated carbocycles. The second-order valence-corrected chi connectivity index (χ2v) is 6.17. The average molecular weight is 388 g/mol. The van der Waals surface area contributed by atoms with E-state index in [9.17, 15) is 19.2 Å². The molecule has 25 heavy (non-hydrogen) atoms. The van der Waals surface area contributed by atoms with Crippen LogP contribution in [0.15, 0.2) is 12.1 Å². The van der Waals surface area contributed by atoms with Crippen molar-refractivity contribution in [2.75, 3.05) is 32.1 Å². The number of nitrogens with zero attached hydrogens (tertiary/aromatic N) is 2. The van der Waals surface area contributed by atoms with E-state index in [0.29, 0.717) is 5.56 Å². The molecule has 134 valence electrons. The van der Waals surface area contributed by atoms with Crippen LogP contribution in [0.2, 0.25) is 10.0 Å². The Balaban J connectivity index is 1.88. The van der Waals surface area contributed by atoms with E-state index in [1.807, 2.05) is 0 Å². The molecule has 0 bridgehead atoms. The maximum Gasteiger partial charge on any atom is 0.327 e. The number of imide groups is 1. The zero-order valence-electron chi connectivity index (χ0n) is 13.5. The molecule has 1 N–H and O–H groups in total. The van der Waals surface area contributed by atoms with E-state index in [4.69, 9.17) is 27.9 Å². The molecule has 0 radical (unpaired) electrons. The Bertz CT molecular complexity index is 753. The summed E-state index contributed by atoms with van der Waals surface area (Å²) in [5, 5.41) is 2.98. The van der Waals surface area contributed by atoms with Gasteiger partial charge in [0.2, 0.25) is 0 Å². The molecule has 8 nitrogen and oxygen atoms in total. The Labute approximate surface area is 153 Å². The quantitative estimate of drug-likeness (QED) is 0.612. The molecule has 0 unspecified atom stereocenters. The van der Waals surface area contributed by atoms with Crippen molar-refractivity contribution < 1.29 is 23.9 Å². The number of rotatable bonds is 5. The Morgan fingerprint density at radius 1 is 1.28 bits per heavy atom. The summed E-state index contributed by atoms with van der Waals surface area (Å²) in [5.74, 6) is -2.04. The number of likely N-dealkylation sites (N-methyl/N-ethyl adjacent to an activating group) is 1. The zero-order valence-corrected chi connectivity index (χ0v) is 15.0. The van der Waals surface area contributed by atoms with Crippen molar-refractivity contribution in [1.29, 1.82) is 0 Å². The van der Waals surface area contributed by atoms with E-state index < -0.39 is 37.0 Å². The minimum atomic E-state index is -0.881. The largest absolute Gasteiger partial charge is 0.454 e. The van der Waals surface area contributed by atoms with Crippen LogP contribution in [-0.2, 0) is 19.1 Å². The lowest BCUT2D eigenvalue weighted by atomic mass is 10.2. The number of halogens is 2. The molecule has 1 saturated heterocycles. The van der Waals surface area contributed by atoms with Gasteiger partial charge in [-0.25, -0.2) is 4.79 Å². The van der Waals surface area contributed by atoms with Crippen molar-refractivity contribution in [3.8, 4) is 0 Å². The van der Waals surface area contributed by atoms with Gasteiger partial charge in [-0.05, 0) is 18.6 Å². The van der Waals surface area contributed by atoms with E-state index in [2.05, 4.69) is 5.32 Å². The first kappa shape index (κ1) is 19.0. The molecule has 1 aliphatic heterocycles. The lowest BCUT2D eigenvalue weighted by Gasteiger charge is -2.14. The summed E-state index contributed by atoms with van der Waals surface area (Å²) in [7, 11) is 1.44. The summed E-state index contributed by atoms with van der Waals surface area (Å²) in [6, 6.07) is 2.68. The van der Waals surface area contributed by atoms with Crippen LogP contribution in [0.5, 0.6) is 0 Å². The number of ether oxygens (including phenoxy) is 1. The summed E-state index contributed by atoms with van der Waals surface area (Å²) >= 11 is 12.0. The molecular formula is C15H15Cl2N3O5. The number of urea groups is 1. The summed E-state index contributed by atoms with van der Waals surface area (Å²) in [6.45, 7) is 0.485. The predicted molar refractivity (Wildman–Crippen MR) is 90.5 cm³/mol. The molecule has 1 aliphatic rings. The third kappa shape index (κ3) is 4.40. The van der Waals surface area contributed by atoms with E-state index in [1.165, 1.54) is 11.9 Å². The Morgan fingerprint density at radius 3 is 2.56 bits per heavy atom. The van der Waals surface area contributed by atoms with E-state index in [1.54, 1.807) is 19.1 Å². The van der Waals surface area contributed by atoms with Crippen LogP contribution in [0.3, 0.4) is 0 Å². The molecule has 4 amide bonds. The predicted octanol–water partition coefficient (Wildman–Crippen LogP) is 1.68. The summed E-state index contributed by atoms with van der Waals surface area (Å²) < 4.78 is 4.78. The number of esters is 1. The fourth-order valence-corrected chi connectivity index (χ4v) is 2.56. The molecule has 1 fully saturated rings. The summed E-state index contributed by atoms with van der Waals surface area (Å²) in [4.78, 5) is 48.8. The fourth-order valence-electron chi connectivity index (χ4n) is 2.09. The molecular weight excluding hydrogens is 373 g/mol. The van der Waals surface area contributed by atoms with Gasteiger partial charge in [0.05, 0.1) is 15.7 Å². The Kier molecular flexibility index (Phi) is 5.86. The van der Waals surface area contributed by atoms with Gasteiger partial charge in [0.25, 0.3) is 11.8 Å². The Morgan fingerprint density at radius 2 is 1.96 bits per heavy atom. The second-order valence-electron chi connectivity index (χ2n) is 5.38. The average Bonchev–Trinajstić information content (AvgIpc) is 2.79. The first-order chi connectivity index (χ1) is 11.7. The molecule has 1 heterocycles. The number of aryl methyl sites for hydroxylation is 1. The molecule has 1 aromatic carbocycles. The van der Waals surface area contributed by atoms with Crippen LogP contribution < -0.4 is 5.32 Å². The SMILES string of the molecule is Cc1ccc(Cl)c(NC(=O)COC(=O)CN2C(=O)CN(C)C2=O)c1Cl. The minimum absolute atomic E-state index is 0.100.